The Hall–Kier alpha value is -3.00. The minimum Gasteiger partial charge on any atom is -0.493 e. The summed E-state index contributed by atoms with van der Waals surface area (Å²) in [4.78, 5) is 18.9. The molecule has 8 nitrogen and oxygen atoms in total. The van der Waals surface area contributed by atoms with Crippen LogP contribution in [0.1, 0.15) is 5.56 Å². The van der Waals surface area contributed by atoms with Crippen molar-refractivity contribution in [3.05, 3.63) is 42.1 Å². The third-order valence-corrected chi connectivity index (χ3v) is 4.25. The van der Waals surface area contributed by atoms with E-state index in [1.165, 1.54) is 0 Å². The van der Waals surface area contributed by atoms with Gasteiger partial charge in [0.25, 0.3) is 0 Å². The number of carbonyl (C=O) groups excluding carboxylic acids is 1. The molecule has 27 heavy (non-hydrogen) atoms. The van der Waals surface area contributed by atoms with Crippen molar-refractivity contribution in [2.24, 2.45) is 0 Å². The molecular weight excluding hydrogens is 348 g/mol. The number of hydrogen-bond donors (Lipinski definition) is 2. The topological polar surface area (TPSA) is 85.0 Å². The molecule has 8 heteroatoms. The van der Waals surface area contributed by atoms with Gasteiger partial charge in [0.15, 0.2) is 17.3 Å². The zero-order chi connectivity index (χ0) is 19.1. The normalized spacial score (nSPS) is 13.8. The van der Waals surface area contributed by atoms with Crippen LogP contribution in [0.25, 0.3) is 0 Å². The molecule has 2 aromatic rings. The molecule has 0 unspecified atom stereocenters. The average molecular weight is 372 g/mol. The molecule has 0 aliphatic carbocycles. The molecule has 2 amide bonds. The Labute approximate surface area is 158 Å². The molecule has 1 saturated heterocycles. The first-order valence-electron chi connectivity index (χ1n) is 8.74. The molecule has 1 aliphatic rings. The molecule has 144 valence electrons. The van der Waals surface area contributed by atoms with E-state index in [-0.39, 0.29) is 6.03 Å². The summed E-state index contributed by atoms with van der Waals surface area (Å²) in [5.74, 6) is 2.03. The van der Waals surface area contributed by atoms with Gasteiger partial charge in [-0.2, -0.15) is 0 Å². The van der Waals surface area contributed by atoms with Gasteiger partial charge in [0.2, 0.25) is 0 Å². The number of methoxy groups -OCH3 is 2. The zero-order valence-electron chi connectivity index (χ0n) is 15.5. The molecule has 0 saturated carbocycles. The van der Waals surface area contributed by atoms with Crippen molar-refractivity contribution in [2.45, 2.75) is 6.54 Å². The number of carbonyl (C=O) groups is 1. The lowest BCUT2D eigenvalue weighted by atomic mass is 10.2. The second kappa shape index (κ2) is 9.09. The van der Waals surface area contributed by atoms with Gasteiger partial charge in [-0.15, -0.1) is 0 Å². The van der Waals surface area contributed by atoms with Crippen LogP contribution >= 0.6 is 0 Å². The van der Waals surface area contributed by atoms with Crippen molar-refractivity contribution in [1.29, 1.82) is 0 Å². The predicted molar refractivity (Wildman–Crippen MR) is 103 cm³/mol. The van der Waals surface area contributed by atoms with Crippen LogP contribution in [-0.4, -0.2) is 51.5 Å². The van der Waals surface area contributed by atoms with Gasteiger partial charge in [0.1, 0.15) is 0 Å². The molecule has 1 aliphatic heterocycles. The Morgan fingerprint density at radius 2 is 1.96 bits per heavy atom. The summed E-state index contributed by atoms with van der Waals surface area (Å²) >= 11 is 0. The Balaban J connectivity index is 1.61. The first-order chi connectivity index (χ1) is 13.2. The van der Waals surface area contributed by atoms with Gasteiger partial charge < -0.3 is 29.7 Å². The lowest BCUT2D eigenvalue weighted by Crippen LogP contribution is -2.38. The first kappa shape index (κ1) is 18.8. The van der Waals surface area contributed by atoms with Crippen LogP contribution in [-0.2, 0) is 11.3 Å². The summed E-state index contributed by atoms with van der Waals surface area (Å²) in [6, 6.07) is 8.87. The van der Waals surface area contributed by atoms with Crippen molar-refractivity contribution in [1.82, 2.24) is 10.3 Å². The van der Waals surface area contributed by atoms with E-state index in [1.54, 1.807) is 26.5 Å². The molecule has 1 fully saturated rings. The summed E-state index contributed by atoms with van der Waals surface area (Å²) in [6.07, 6.45) is 1.72. The Kier molecular flexibility index (Phi) is 6.32. The maximum Gasteiger partial charge on any atom is 0.319 e. The SMILES string of the molecule is COc1ccc(CNC(=O)Nc2cccnc2N2CCOCC2)cc1OC. The van der Waals surface area contributed by atoms with Gasteiger partial charge in [0, 0.05) is 25.8 Å². The van der Waals surface area contributed by atoms with E-state index < -0.39 is 0 Å². The molecule has 0 atom stereocenters. The Morgan fingerprint density at radius 1 is 1.19 bits per heavy atom. The van der Waals surface area contributed by atoms with Crippen LogP contribution in [0.3, 0.4) is 0 Å². The number of amides is 2. The molecule has 0 spiro atoms. The predicted octanol–water partition coefficient (Wildman–Crippen LogP) is 2.26. The number of benzene rings is 1. The number of morpholine rings is 1. The van der Waals surface area contributed by atoms with Crippen LogP contribution in [0.4, 0.5) is 16.3 Å². The van der Waals surface area contributed by atoms with E-state index in [0.29, 0.717) is 36.9 Å². The van der Waals surface area contributed by atoms with Gasteiger partial charge in [0.05, 0.1) is 33.1 Å². The summed E-state index contributed by atoms with van der Waals surface area (Å²) < 4.78 is 15.9. The summed E-state index contributed by atoms with van der Waals surface area (Å²) in [5.41, 5.74) is 1.58. The number of pyridine rings is 1. The minimum absolute atomic E-state index is 0.299. The van der Waals surface area contributed by atoms with Gasteiger partial charge in [-0.25, -0.2) is 9.78 Å². The number of anilines is 2. The molecule has 1 aromatic heterocycles. The number of nitrogens with zero attached hydrogens (tertiary/aromatic N) is 2. The highest BCUT2D eigenvalue weighted by Gasteiger charge is 2.17. The highest BCUT2D eigenvalue weighted by atomic mass is 16.5. The quantitative estimate of drug-likeness (QED) is 0.809. The third-order valence-electron chi connectivity index (χ3n) is 4.25. The van der Waals surface area contributed by atoms with E-state index in [9.17, 15) is 4.79 Å². The lowest BCUT2D eigenvalue weighted by molar-refractivity contribution is 0.122. The molecule has 2 N–H and O–H groups in total. The standard InChI is InChI=1S/C19H24N4O4/c1-25-16-6-5-14(12-17(16)26-2)13-21-19(24)22-15-4-3-7-20-18(15)23-8-10-27-11-9-23/h3-7,12H,8-11,13H2,1-2H3,(H2,21,22,24). The average Bonchev–Trinajstić information content (AvgIpc) is 2.73. The maximum absolute atomic E-state index is 12.3. The van der Waals surface area contributed by atoms with Crippen LogP contribution in [0.5, 0.6) is 11.5 Å². The molecule has 2 heterocycles. The fourth-order valence-electron chi connectivity index (χ4n) is 2.86. The van der Waals surface area contributed by atoms with E-state index in [0.717, 1.165) is 24.5 Å². The van der Waals surface area contributed by atoms with Gasteiger partial charge in [-0.3, -0.25) is 0 Å². The van der Waals surface area contributed by atoms with E-state index >= 15 is 0 Å². The number of rotatable bonds is 6. The van der Waals surface area contributed by atoms with Gasteiger partial charge >= 0.3 is 6.03 Å². The first-order valence-corrected chi connectivity index (χ1v) is 8.74. The summed E-state index contributed by atoms with van der Waals surface area (Å²) in [5, 5.41) is 5.73. The van der Waals surface area contributed by atoms with Crippen LogP contribution in [0.15, 0.2) is 36.5 Å². The largest absolute Gasteiger partial charge is 0.493 e. The van der Waals surface area contributed by atoms with Crippen LogP contribution in [0.2, 0.25) is 0 Å². The third kappa shape index (κ3) is 4.79. The van der Waals surface area contributed by atoms with Crippen LogP contribution in [0, 0.1) is 0 Å². The monoisotopic (exact) mass is 372 g/mol. The van der Waals surface area contributed by atoms with Crippen molar-refractivity contribution in [3.8, 4) is 11.5 Å². The van der Waals surface area contributed by atoms with Crippen LogP contribution < -0.4 is 25.0 Å². The maximum atomic E-state index is 12.3. The second-order valence-electron chi connectivity index (χ2n) is 5.97. The lowest BCUT2D eigenvalue weighted by Gasteiger charge is -2.29. The fourth-order valence-corrected chi connectivity index (χ4v) is 2.86. The highest BCUT2D eigenvalue weighted by Crippen LogP contribution is 2.27. The Bertz CT molecular complexity index is 778. The minimum atomic E-state index is -0.299. The summed E-state index contributed by atoms with van der Waals surface area (Å²) in [6.45, 7) is 3.17. The van der Waals surface area contributed by atoms with Crippen molar-refractivity contribution in [2.75, 3.05) is 50.7 Å². The van der Waals surface area contributed by atoms with Crippen molar-refractivity contribution >= 4 is 17.5 Å². The molecule has 3 rings (SSSR count). The molecule has 0 bridgehead atoms. The van der Waals surface area contributed by atoms with E-state index in [4.69, 9.17) is 14.2 Å². The highest BCUT2D eigenvalue weighted by molar-refractivity contribution is 5.92. The van der Waals surface area contributed by atoms with Gasteiger partial charge in [-0.05, 0) is 29.8 Å². The number of ether oxygens (including phenoxy) is 3. The number of aromatic nitrogens is 1. The number of hydrogen-bond acceptors (Lipinski definition) is 6. The Morgan fingerprint density at radius 3 is 2.70 bits per heavy atom. The number of urea groups is 1. The summed E-state index contributed by atoms with van der Waals surface area (Å²) in [7, 11) is 3.17. The van der Waals surface area contributed by atoms with Crippen molar-refractivity contribution in [3.63, 3.8) is 0 Å². The van der Waals surface area contributed by atoms with Gasteiger partial charge in [-0.1, -0.05) is 6.07 Å². The van der Waals surface area contributed by atoms with Crippen molar-refractivity contribution < 1.29 is 19.0 Å². The number of nitrogens with one attached hydrogen (secondary N) is 2. The fraction of sp³-hybridized carbons (Fsp3) is 0.368. The zero-order valence-corrected chi connectivity index (χ0v) is 15.5. The second-order valence-corrected chi connectivity index (χ2v) is 5.97. The molecular formula is C19H24N4O4. The van der Waals surface area contributed by atoms with E-state index in [1.807, 2.05) is 24.3 Å². The molecule has 1 aromatic carbocycles. The molecule has 0 radical (unpaired) electrons. The van der Waals surface area contributed by atoms with E-state index in [2.05, 4.69) is 20.5 Å². The smallest absolute Gasteiger partial charge is 0.319 e.